The summed E-state index contributed by atoms with van der Waals surface area (Å²) in [4.78, 5) is 10.9. The summed E-state index contributed by atoms with van der Waals surface area (Å²) in [5.41, 5.74) is 2.49. The predicted molar refractivity (Wildman–Crippen MR) is 111 cm³/mol. The molecule has 144 valence electrons. The van der Waals surface area contributed by atoms with Crippen molar-refractivity contribution in [3.8, 4) is 11.8 Å². The largest absolute Gasteiger partial charge is 0.494 e. The van der Waals surface area contributed by atoms with Gasteiger partial charge in [-0.25, -0.2) is 4.79 Å². The van der Waals surface area contributed by atoms with Gasteiger partial charge in [-0.3, -0.25) is 0 Å². The number of hydrogen-bond donors (Lipinski definition) is 0. The minimum atomic E-state index is -0.370. The standard InChI is InChI=1S/C24H25NO3/c1-2-24(26)28-17-9-4-3-8-16-27-23-14-12-21(13-15-23)22(19-25)18-20-10-6-5-7-11-20/h2,5-7,10-15,18H,1,3-4,8-9,16-17H2/b22-18+. The van der Waals surface area contributed by atoms with E-state index in [1.54, 1.807) is 0 Å². The van der Waals surface area contributed by atoms with Crippen LogP contribution in [0.2, 0.25) is 0 Å². The molecule has 0 aromatic heterocycles. The Balaban J connectivity index is 1.72. The summed E-state index contributed by atoms with van der Waals surface area (Å²) in [6, 6.07) is 19.6. The molecule has 0 saturated carbocycles. The van der Waals surface area contributed by atoms with E-state index in [1.807, 2.05) is 60.7 Å². The Hall–Kier alpha value is -3.32. The summed E-state index contributed by atoms with van der Waals surface area (Å²) in [5, 5.41) is 9.43. The molecule has 4 heteroatoms. The normalized spacial score (nSPS) is 10.8. The van der Waals surface area contributed by atoms with Crippen LogP contribution in [0, 0.1) is 11.3 Å². The molecule has 0 spiro atoms. The number of hydrogen-bond acceptors (Lipinski definition) is 4. The first-order valence-electron chi connectivity index (χ1n) is 9.42. The number of carbonyl (C=O) groups is 1. The van der Waals surface area contributed by atoms with E-state index in [9.17, 15) is 10.1 Å². The molecular formula is C24H25NO3. The van der Waals surface area contributed by atoms with E-state index in [0.717, 1.165) is 42.6 Å². The van der Waals surface area contributed by atoms with Crippen LogP contribution < -0.4 is 4.74 Å². The van der Waals surface area contributed by atoms with Crippen LogP contribution in [-0.4, -0.2) is 19.2 Å². The summed E-state index contributed by atoms with van der Waals surface area (Å²) in [6.45, 7) is 4.43. The van der Waals surface area contributed by atoms with E-state index in [2.05, 4.69) is 12.6 Å². The maximum Gasteiger partial charge on any atom is 0.330 e. The molecule has 28 heavy (non-hydrogen) atoms. The monoisotopic (exact) mass is 375 g/mol. The van der Waals surface area contributed by atoms with Gasteiger partial charge in [0.2, 0.25) is 0 Å². The van der Waals surface area contributed by atoms with Crippen LogP contribution >= 0.6 is 0 Å². The SMILES string of the molecule is C=CC(=O)OCCCCCCOc1ccc(/C(C#N)=C/c2ccccc2)cc1. The second-order valence-electron chi connectivity index (χ2n) is 6.24. The fraction of sp³-hybridized carbons (Fsp3) is 0.250. The van der Waals surface area contributed by atoms with Gasteiger partial charge in [-0.05, 0) is 67.2 Å². The fourth-order valence-corrected chi connectivity index (χ4v) is 2.61. The van der Waals surface area contributed by atoms with Crippen molar-refractivity contribution in [1.29, 1.82) is 5.26 Å². The lowest BCUT2D eigenvalue weighted by Crippen LogP contribution is -2.02. The number of nitrogens with zero attached hydrogens (tertiary/aromatic N) is 1. The first kappa shape index (κ1) is 21.0. The van der Waals surface area contributed by atoms with Gasteiger partial charge in [-0.2, -0.15) is 5.26 Å². The molecule has 0 unspecified atom stereocenters. The Bertz CT molecular complexity index is 817. The molecule has 0 bridgehead atoms. The third kappa shape index (κ3) is 7.51. The van der Waals surface area contributed by atoms with Crippen LogP contribution in [0.3, 0.4) is 0 Å². The highest BCUT2D eigenvalue weighted by molar-refractivity contribution is 5.89. The lowest BCUT2D eigenvalue weighted by molar-refractivity contribution is -0.137. The predicted octanol–water partition coefficient (Wildman–Crippen LogP) is 5.42. The smallest absolute Gasteiger partial charge is 0.330 e. The Labute approximate surface area is 166 Å². The fourth-order valence-electron chi connectivity index (χ4n) is 2.61. The highest BCUT2D eigenvalue weighted by Gasteiger charge is 2.02. The van der Waals surface area contributed by atoms with E-state index in [-0.39, 0.29) is 5.97 Å². The molecule has 0 radical (unpaired) electrons. The van der Waals surface area contributed by atoms with Gasteiger partial charge in [-0.15, -0.1) is 0 Å². The Morgan fingerprint density at radius 1 is 0.964 bits per heavy atom. The molecule has 0 aliphatic carbocycles. The average Bonchev–Trinajstić information content (AvgIpc) is 2.75. The number of ether oxygens (including phenoxy) is 2. The minimum absolute atomic E-state index is 0.370. The maximum atomic E-state index is 10.9. The van der Waals surface area contributed by atoms with E-state index in [1.165, 1.54) is 6.08 Å². The number of benzene rings is 2. The van der Waals surface area contributed by atoms with Gasteiger partial charge in [0, 0.05) is 6.08 Å². The van der Waals surface area contributed by atoms with Crippen LogP contribution in [0.4, 0.5) is 0 Å². The van der Waals surface area contributed by atoms with Crippen molar-refractivity contribution in [2.75, 3.05) is 13.2 Å². The summed E-state index contributed by atoms with van der Waals surface area (Å²) in [5.74, 6) is 0.422. The molecule has 0 amide bonds. The molecule has 0 atom stereocenters. The third-order valence-corrected chi connectivity index (χ3v) is 4.11. The molecule has 2 rings (SSSR count). The van der Waals surface area contributed by atoms with E-state index in [0.29, 0.717) is 18.8 Å². The average molecular weight is 375 g/mol. The number of allylic oxidation sites excluding steroid dienone is 1. The van der Waals surface area contributed by atoms with Crippen molar-refractivity contribution in [2.24, 2.45) is 0 Å². The molecule has 0 heterocycles. The van der Waals surface area contributed by atoms with Crippen molar-refractivity contribution >= 4 is 17.6 Å². The van der Waals surface area contributed by atoms with Crippen LogP contribution in [0.5, 0.6) is 5.75 Å². The van der Waals surface area contributed by atoms with Crippen molar-refractivity contribution in [1.82, 2.24) is 0 Å². The quantitative estimate of drug-likeness (QED) is 0.173. The summed E-state index contributed by atoms with van der Waals surface area (Å²) < 4.78 is 10.7. The lowest BCUT2D eigenvalue weighted by atomic mass is 10.0. The number of rotatable bonds is 11. The van der Waals surface area contributed by atoms with Gasteiger partial charge < -0.3 is 9.47 Å². The number of unbranched alkanes of at least 4 members (excludes halogenated alkanes) is 3. The summed E-state index contributed by atoms with van der Waals surface area (Å²) >= 11 is 0. The Morgan fingerprint density at radius 3 is 2.29 bits per heavy atom. The first-order chi connectivity index (χ1) is 13.7. The third-order valence-electron chi connectivity index (χ3n) is 4.11. The first-order valence-corrected chi connectivity index (χ1v) is 9.42. The number of esters is 1. The van der Waals surface area contributed by atoms with Crippen molar-refractivity contribution < 1.29 is 14.3 Å². The molecular weight excluding hydrogens is 350 g/mol. The van der Waals surface area contributed by atoms with E-state index in [4.69, 9.17) is 9.47 Å². The molecule has 4 nitrogen and oxygen atoms in total. The highest BCUT2D eigenvalue weighted by atomic mass is 16.5. The van der Waals surface area contributed by atoms with Gasteiger partial charge in [0.05, 0.1) is 24.9 Å². The van der Waals surface area contributed by atoms with E-state index >= 15 is 0 Å². The van der Waals surface area contributed by atoms with Crippen LogP contribution in [-0.2, 0) is 9.53 Å². The maximum absolute atomic E-state index is 10.9. The van der Waals surface area contributed by atoms with E-state index < -0.39 is 0 Å². The van der Waals surface area contributed by atoms with Crippen molar-refractivity contribution in [3.63, 3.8) is 0 Å². The second-order valence-corrected chi connectivity index (χ2v) is 6.24. The van der Waals surface area contributed by atoms with Crippen LogP contribution in [0.1, 0.15) is 36.8 Å². The molecule has 0 N–H and O–H groups in total. The number of carbonyl (C=O) groups excluding carboxylic acids is 1. The van der Waals surface area contributed by atoms with Crippen LogP contribution in [0.25, 0.3) is 11.6 Å². The lowest BCUT2D eigenvalue weighted by Gasteiger charge is -2.07. The zero-order chi connectivity index (χ0) is 20.0. The minimum Gasteiger partial charge on any atom is -0.494 e. The van der Waals surface area contributed by atoms with Gasteiger partial charge in [0.15, 0.2) is 0 Å². The molecule has 0 aliphatic heterocycles. The van der Waals surface area contributed by atoms with Crippen molar-refractivity contribution in [2.45, 2.75) is 25.7 Å². The zero-order valence-corrected chi connectivity index (χ0v) is 16.0. The topological polar surface area (TPSA) is 59.3 Å². The molecule has 0 saturated heterocycles. The van der Waals surface area contributed by atoms with Crippen LogP contribution in [0.15, 0.2) is 67.3 Å². The zero-order valence-electron chi connectivity index (χ0n) is 16.0. The number of nitriles is 1. The highest BCUT2D eigenvalue weighted by Crippen LogP contribution is 2.21. The molecule has 0 fully saturated rings. The summed E-state index contributed by atoms with van der Waals surface area (Å²) in [6.07, 6.45) is 6.84. The Kier molecular flexibility index (Phi) is 9.10. The molecule has 0 aliphatic rings. The Morgan fingerprint density at radius 2 is 1.64 bits per heavy atom. The molecule has 2 aromatic rings. The van der Waals surface area contributed by atoms with Gasteiger partial charge >= 0.3 is 5.97 Å². The van der Waals surface area contributed by atoms with Gasteiger partial charge in [-0.1, -0.05) is 36.9 Å². The van der Waals surface area contributed by atoms with Gasteiger partial charge in [0.25, 0.3) is 0 Å². The van der Waals surface area contributed by atoms with Crippen molar-refractivity contribution in [3.05, 3.63) is 78.4 Å². The summed E-state index contributed by atoms with van der Waals surface area (Å²) in [7, 11) is 0. The second kappa shape index (κ2) is 12.1. The molecule has 2 aromatic carbocycles. The van der Waals surface area contributed by atoms with Gasteiger partial charge in [0.1, 0.15) is 5.75 Å².